The van der Waals surface area contributed by atoms with E-state index in [0.717, 1.165) is 25.7 Å². The number of rotatable bonds is 10. The van der Waals surface area contributed by atoms with E-state index in [2.05, 4.69) is 33.8 Å². The molecule has 6 rings (SSSR count). The molecule has 318 valence electrons. The van der Waals surface area contributed by atoms with Crippen LogP contribution in [0.25, 0.3) is 0 Å². The van der Waals surface area contributed by atoms with Gasteiger partial charge in [-0.25, -0.2) is 0 Å². The highest BCUT2D eigenvalue weighted by molar-refractivity contribution is 5.18. The van der Waals surface area contributed by atoms with Crippen LogP contribution < -0.4 is 0 Å². The van der Waals surface area contributed by atoms with E-state index in [9.17, 15) is 46.0 Å². The minimum Gasteiger partial charge on any atom is -0.394 e. The largest absolute Gasteiger partial charge is 0.394 e. The highest BCUT2D eigenvalue weighted by Crippen LogP contribution is 2.71. The van der Waals surface area contributed by atoms with Crippen LogP contribution in [0.4, 0.5) is 0 Å². The zero-order valence-corrected chi connectivity index (χ0v) is 34.2. The van der Waals surface area contributed by atoms with E-state index < -0.39 is 103 Å². The summed E-state index contributed by atoms with van der Waals surface area (Å²) in [6, 6.07) is 0. The summed E-state index contributed by atoms with van der Waals surface area (Å²) < 4.78 is 25.0. The van der Waals surface area contributed by atoms with Gasteiger partial charge in [0, 0.05) is 0 Å². The molecule has 13 heteroatoms. The Hall–Kier alpha value is -0.780. The summed E-state index contributed by atoms with van der Waals surface area (Å²) >= 11 is 0. The quantitative estimate of drug-likeness (QED) is 0.115. The van der Waals surface area contributed by atoms with Crippen LogP contribution in [0.15, 0.2) is 11.6 Å². The molecule has 0 radical (unpaired) electrons. The van der Waals surface area contributed by atoms with Crippen molar-refractivity contribution >= 4 is 0 Å². The normalized spacial score (nSPS) is 52.5. The first-order valence-corrected chi connectivity index (χ1v) is 21.0. The molecule has 2 aliphatic heterocycles. The Kier molecular flexibility index (Phi) is 12.7. The average molecular weight is 785 g/mol. The second-order valence-corrected chi connectivity index (χ2v) is 19.8. The molecule has 6 aliphatic rings. The number of ether oxygens (including phenoxy) is 4. The van der Waals surface area contributed by atoms with Crippen molar-refractivity contribution in [1.82, 2.24) is 0 Å². The van der Waals surface area contributed by atoms with E-state index in [1.165, 1.54) is 12.5 Å². The summed E-state index contributed by atoms with van der Waals surface area (Å²) in [4.78, 5) is 0. The zero-order chi connectivity index (χ0) is 40.6. The molecular formula is C42H72O13. The number of fused-ring (bicyclic) bond motifs is 5. The summed E-state index contributed by atoms with van der Waals surface area (Å²) in [5.74, 6) is -0.335. The lowest BCUT2D eigenvalue weighted by Crippen LogP contribution is -2.68. The SMILES string of the molecule is CC/C(C)=C/CC[C@](C)(O)[C@@H]1CC[C@@]2(C)[C@H]1[C@@H](O)C[C@H]1[C@H]2C[C@@H](O[C@@H]2O[C@H](CO)[C@@H](O)[C@H](O)[C@H]2O[C@@H]2O[C@@H](C)[C@H](O)[C@@H](O)[C@H]2O)[C@@H]2C(C)(C)[C@H](O)CC[C@@]21C. The Morgan fingerprint density at radius 2 is 1.47 bits per heavy atom. The van der Waals surface area contributed by atoms with E-state index in [4.69, 9.17) is 18.9 Å². The van der Waals surface area contributed by atoms with E-state index in [1.807, 2.05) is 20.8 Å². The number of allylic oxidation sites excluding steroid dienone is 2. The molecule has 0 aromatic carbocycles. The van der Waals surface area contributed by atoms with Gasteiger partial charge in [-0.1, -0.05) is 46.3 Å². The van der Waals surface area contributed by atoms with E-state index >= 15 is 0 Å². The zero-order valence-electron chi connectivity index (χ0n) is 34.2. The van der Waals surface area contributed by atoms with E-state index in [1.54, 1.807) is 0 Å². The molecule has 0 amide bonds. The second kappa shape index (κ2) is 16.0. The lowest BCUT2D eigenvalue weighted by molar-refractivity contribution is -0.379. The summed E-state index contributed by atoms with van der Waals surface area (Å²) in [6.07, 6.45) is -7.68. The summed E-state index contributed by atoms with van der Waals surface area (Å²) in [6.45, 7) is 15.7. The first-order chi connectivity index (χ1) is 25.6. The Labute approximate surface area is 327 Å². The van der Waals surface area contributed by atoms with Crippen LogP contribution in [0.3, 0.4) is 0 Å². The van der Waals surface area contributed by atoms with Gasteiger partial charge in [-0.3, -0.25) is 0 Å². The monoisotopic (exact) mass is 784 g/mol. The molecule has 2 saturated heterocycles. The van der Waals surface area contributed by atoms with Crippen molar-refractivity contribution in [3.05, 3.63) is 11.6 Å². The smallest absolute Gasteiger partial charge is 0.187 e. The molecule has 0 aromatic rings. The third-order valence-electron chi connectivity index (χ3n) is 16.2. The Bertz CT molecular complexity index is 1360. The molecule has 0 aromatic heterocycles. The van der Waals surface area contributed by atoms with Gasteiger partial charge in [0.2, 0.25) is 0 Å². The van der Waals surface area contributed by atoms with Gasteiger partial charge in [0.05, 0.1) is 36.6 Å². The van der Waals surface area contributed by atoms with Gasteiger partial charge in [0.1, 0.15) is 42.7 Å². The maximum Gasteiger partial charge on any atom is 0.187 e. The van der Waals surface area contributed by atoms with Crippen LogP contribution in [-0.2, 0) is 18.9 Å². The van der Waals surface area contributed by atoms with Gasteiger partial charge < -0.3 is 64.9 Å². The van der Waals surface area contributed by atoms with Crippen LogP contribution in [0, 0.1) is 45.8 Å². The predicted octanol–water partition coefficient (Wildman–Crippen LogP) is 2.15. The first-order valence-electron chi connectivity index (χ1n) is 21.0. The second-order valence-electron chi connectivity index (χ2n) is 19.8. The predicted molar refractivity (Wildman–Crippen MR) is 201 cm³/mol. The molecule has 4 saturated carbocycles. The molecule has 0 bridgehead atoms. The molecule has 2 heterocycles. The molecule has 9 N–H and O–H groups in total. The topological polar surface area (TPSA) is 219 Å². The van der Waals surface area contributed by atoms with Gasteiger partial charge in [-0.05, 0) is 124 Å². The first kappa shape index (κ1) is 43.8. The average Bonchev–Trinajstić information content (AvgIpc) is 3.51. The van der Waals surface area contributed by atoms with Crippen molar-refractivity contribution in [3.8, 4) is 0 Å². The fourth-order valence-corrected chi connectivity index (χ4v) is 12.9. The van der Waals surface area contributed by atoms with Gasteiger partial charge in [0.15, 0.2) is 12.6 Å². The van der Waals surface area contributed by atoms with Crippen molar-refractivity contribution < 1.29 is 64.9 Å². The molecule has 13 nitrogen and oxygen atoms in total. The van der Waals surface area contributed by atoms with Gasteiger partial charge in [-0.15, -0.1) is 0 Å². The Morgan fingerprint density at radius 3 is 2.13 bits per heavy atom. The minimum atomic E-state index is -1.69. The minimum absolute atomic E-state index is 0.0642. The summed E-state index contributed by atoms with van der Waals surface area (Å²) in [5, 5.41) is 100. The number of aliphatic hydroxyl groups is 9. The third kappa shape index (κ3) is 7.52. The fraction of sp³-hybridized carbons (Fsp3) is 0.952. The van der Waals surface area contributed by atoms with Crippen molar-refractivity contribution in [2.45, 2.75) is 199 Å². The standard InChI is InChI=1S/C42H72O13/c1-9-20(2)11-10-14-42(8,51)22-12-15-40(6)24-18-26(36-39(4,5)28(45)13-16-41(36,7)23(24)17-25(44)29(22)40)53-38-35(33(49)31(47)27(19-43)54-38)55-37-34(50)32(48)30(46)21(3)52-37/h11,21-38,43-51H,9-10,12-19H2,1-8H3/b20-11+/t21-,22+,23-,24+,25-,26+,27+,28+,29+,30-,31+,32+,33-,34+,35+,36+,37-,38+,40+,41+,42-/m0/s1. The van der Waals surface area contributed by atoms with Gasteiger partial charge in [-0.2, -0.15) is 0 Å². The molecule has 0 unspecified atom stereocenters. The molecule has 4 aliphatic carbocycles. The molecule has 55 heavy (non-hydrogen) atoms. The van der Waals surface area contributed by atoms with Gasteiger partial charge in [0.25, 0.3) is 0 Å². The van der Waals surface area contributed by atoms with Crippen molar-refractivity contribution in [1.29, 1.82) is 0 Å². The fourth-order valence-electron chi connectivity index (χ4n) is 12.9. The van der Waals surface area contributed by atoms with Gasteiger partial charge >= 0.3 is 0 Å². The lowest BCUT2D eigenvalue weighted by Gasteiger charge is -2.68. The Balaban J connectivity index is 1.34. The maximum absolute atomic E-state index is 12.2. The molecular weight excluding hydrogens is 712 g/mol. The molecule has 6 fully saturated rings. The van der Waals surface area contributed by atoms with Crippen LogP contribution in [0.2, 0.25) is 0 Å². The maximum atomic E-state index is 12.2. The van der Waals surface area contributed by atoms with Crippen molar-refractivity contribution in [2.75, 3.05) is 6.61 Å². The van der Waals surface area contributed by atoms with Crippen LogP contribution in [0.1, 0.15) is 113 Å². The van der Waals surface area contributed by atoms with Crippen molar-refractivity contribution in [3.63, 3.8) is 0 Å². The Morgan fingerprint density at radius 1 is 0.818 bits per heavy atom. The van der Waals surface area contributed by atoms with Crippen molar-refractivity contribution in [2.24, 2.45) is 45.8 Å². The van der Waals surface area contributed by atoms with E-state index in [-0.39, 0.29) is 35.0 Å². The summed E-state index contributed by atoms with van der Waals surface area (Å²) in [5.41, 5.74) is -1.07. The lowest BCUT2D eigenvalue weighted by atomic mass is 9.39. The van der Waals surface area contributed by atoms with E-state index in [0.29, 0.717) is 32.1 Å². The van der Waals surface area contributed by atoms with Crippen LogP contribution in [0.5, 0.6) is 0 Å². The summed E-state index contributed by atoms with van der Waals surface area (Å²) in [7, 11) is 0. The highest BCUT2D eigenvalue weighted by atomic mass is 16.8. The molecule has 21 atom stereocenters. The number of hydrogen-bond acceptors (Lipinski definition) is 13. The highest BCUT2D eigenvalue weighted by Gasteiger charge is 2.69. The number of aliphatic hydroxyl groups excluding tert-OH is 8. The van der Waals surface area contributed by atoms with Crippen LogP contribution >= 0.6 is 0 Å². The third-order valence-corrected chi connectivity index (χ3v) is 16.2. The number of hydrogen-bond donors (Lipinski definition) is 9. The molecule has 0 spiro atoms. The van der Waals surface area contributed by atoms with Crippen LogP contribution in [-0.4, -0.2) is 138 Å².